The molecule has 3 rings (SSSR count). The lowest BCUT2D eigenvalue weighted by Gasteiger charge is -2.17. The largest absolute Gasteiger partial charge is 0.456 e. The minimum absolute atomic E-state index is 0.0368. The van der Waals surface area contributed by atoms with Crippen LogP contribution in [0.3, 0.4) is 0 Å². The van der Waals surface area contributed by atoms with Crippen LogP contribution in [0.2, 0.25) is 0 Å². The maximum Gasteiger partial charge on any atom is 0.335 e. The highest BCUT2D eigenvalue weighted by Crippen LogP contribution is 2.51. The Morgan fingerprint density at radius 1 is 0.958 bits per heavy atom. The van der Waals surface area contributed by atoms with E-state index in [0.717, 1.165) is 0 Å². The van der Waals surface area contributed by atoms with Gasteiger partial charge in [-0.2, -0.15) is 0 Å². The maximum absolute atomic E-state index is 12.9. The molecule has 0 spiro atoms. The quantitative estimate of drug-likeness (QED) is 0.477. The van der Waals surface area contributed by atoms with E-state index in [0.29, 0.717) is 27.5 Å². The molecule has 0 aliphatic carbocycles. The van der Waals surface area contributed by atoms with Gasteiger partial charge in [0.2, 0.25) is 5.43 Å². The molecular weight excluding hydrogens is 327 g/mol. The van der Waals surface area contributed by atoms with Crippen LogP contribution in [0.15, 0.2) is 51.7 Å². The first kappa shape index (κ1) is 16.9. The fourth-order valence-corrected chi connectivity index (χ4v) is 4.50. The van der Waals surface area contributed by atoms with Gasteiger partial charge in [0.15, 0.2) is 0 Å². The molecule has 0 aliphatic rings. The Kier molecular flexibility index (Phi) is 4.86. The molecule has 24 heavy (non-hydrogen) atoms. The van der Waals surface area contributed by atoms with Gasteiger partial charge < -0.3 is 13.5 Å². The number of para-hydroxylation sites is 1. The van der Waals surface area contributed by atoms with E-state index >= 15 is 0 Å². The van der Waals surface area contributed by atoms with E-state index in [1.807, 2.05) is 6.07 Å². The second kappa shape index (κ2) is 6.89. The van der Waals surface area contributed by atoms with Crippen molar-refractivity contribution in [1.82, 2.24) is 0 Å². The van der Waals surface area contributed by atoms with Gasteiger partial charge in [-0.1, -0.05) is 24.3 Å². The molecule has 3 aromatic rings. The zero-order valence-corrected chi connectivity index (χ0v) is 14.5. The molecule has 126 valence electrons. The monoisotopic (exact) mass is 346 g/mol. The molecule has 1 aromatic heterocycles. The topological polar surface area (TPSA) is 65.7 Å². The molecule has 6 heteroatoms. The number of hydrogen-bond donors (Lipinski definition) is 0. The van der Waals surface area contributed by atoms with Crippen LogP contribution in [-0.4, -0.2) is 13.2 Å². The SMILES string of the molecule is CCOP(=O)(Cc1cccc2oc3ccccc3c(=O)c12)OCC. The average molecular weight is 346 g/mol. The van der Waals surface area contributed by atoms with E-state index in [2.05, 4.69) is 0 Å². The molecule has 0 atom stereocenters. The van der Waals surface area contributed by atoms with E-state index < -0.39 is 7.60 Å². The number of fused-ring (bicyclic) bond motifs is 2. The van der Waals surface area contributed by atoms with Crippen molar-refractivity contribution in [2.45, 2.75) is 20.0 Å². The summed E-state index contributed by atoms with van der Waals surface area (Å²) in [7, 11) is -3.31. The normalized spacial score (nSPS) is 12.1. The van der Waals surface area contributed by atoms with Crippen molar-refractivity contribution in [1.29, 1.82) is 0 Å². The number of benzene rings is 2. The lowest BCUT2D eigenvalue weighted by atomic mass is 10.1. The van der Waals surface area contributed by atoms with Crippen molar-refractivity contribution in [2.75, 3.05) is 13.2 Å². The lowest BCUT2D eigenvalue weighted by molar-refractivity contribution is 0.219. The van der Waals surface area contributed by atoms with Crippen molar-refractivity contribution < 1.29 is 18.0 Å². The lowest BCUT2D eigenvalue weighted by Crippen LogP contribution is -2.07. The van der Waals surface area contributed by atoms with E-state index in [4.69, 9.17) is 13.5 Å². The molecular formula is C18H19O5P. The number of rotatable bonds is 6. The molecule has 1 heterocycles. The highest BCUT2D eigenvalue weighted by molar-refractivity contribution is 7.53. The van der Waals surface area contributed by atoms with Crippen LogP contribution in [0.4, 0.5) is 0 Å². The van der Waals surface area contributed by atoms with Gasteiger partial charge >= 0.3 is 7.60 Å². The second-order valence-electron chi connectivity index (χ2n) is 5.32. The standard InChI is InChI=1S/C18H19O5P/c1-3-21-24(20,22-4-2)12-13-8-7-11-16-17(13)18(19)14-9-5-6-10-15(14)23-16/h5-11H,3-4,12H2,1-2H3. The van der Waals surface area contributed by atoms with Crippen molar-refractivity contribution in [3.8, 4) is 0 Å². The van der Waals surface area contributed by atoms with Gasteiger partial charge in [0.05, 0.1) is 30.1 Å². The van der Waals surface area contributed by atoms with Gasteiger partial charge in [-0.3, -0.25) is 9.36 Å². The van der Waals surface area contributed by atoms with Crippen LogP contribution in [0, 0.1) is 0 Å². The van der Waals surface area contributed by atoms with E-state index in [1.165, 1.54) is 0 Å². The predicted molar refractivity (Wildman–Crippen MR) is 94.6 cm³/mol. The Bertz CT molecular complexity index is 966. The van der Waals surface area contributed by atoms with E-state index in [-0.39, 0.29) is 24.8 Å². The third-order valence-electron chi connectivity index (χ3n) is 3.71. The van der Waals surface area contributed by atoms with Crippen LogP contribution in [0.5, 0.6) is 0 Å². The molecule has 2 aromatic carbocycles. The Labute approximate surface area is 139 Å². The third kappa shape index (κ3) is 3.16. The first-order valence-corrected chi connectivity index (χ1v) is 9.62. The van der Waals surface area contributed by atoms with Gasteiger partial charge in [-0.15, -0.1) is 0 Å². The molecule has 5 nitrogen and oxygen atoms in total. The van der Waals surface area contributed by atoms with Gasteiger partial charge in [0, 0.05) is 0 Å². The fraction of sp³-hybridized carbons (Fsp3) is 0.278. The van der Waals surface area contributed by atoms with Crippen LogP contribution in [-0.2, 0) is 19.8 Å². The van der Waals surface area contributed by atoms with Crippen molar-refractivity contribution in [3.05, 3.63) is 58.3 Å². The Hall–Kier alpha value is -1.94. The summed E-state index contributed by atoms with van der Waals surface area (Å²) >= 11 is 0. The first-order chi connectivity index (χ1) is 11.6. The second-order valence-corrected chi connectivity index (χ2v) is 7.38. The predicted octanol–water partition coefficient (Wildman–Crippen LogP) is 4.71. The van der Waals surface area contributed by atoms with Gasteiger partial charge in [0.25, 0.3) is 0 Å². The van der Waals surface area contributed by atoms with Crippen molar-refractivity contribution in [3.63, 3.8) is 0 Å². The smallest absolute Gasteiger partial charge is 0.335 e. The van der Waals surface area contributed by atoms with Crippen molar-refractivity contribution in [2.24, 2.45) is 0 Å². The molecule has 0 bridgehead atoms. The van der Waals surface area contributed by atoms with Crippen LogP contribution < -0.4 is 5.43 Å². The highest BCUT2D eigenvalue weighted by Gasteiger charge is 2.26. The zero-order valence-electron chi connectivity index (χ0n) is 13.7. The van der Waals surface area contributed by atoms with Crippen LogP contribution in [0.25, 0.3) is 21.9 Å². The first-order valence-electron chi connectivity index (χ1n) is 7.89. The molecule has 0 saturated carbocycles. The fourth-order valence-electron chi connectivity index (χ4n) is 2.78. The summed E-state index contributed by atoms with van der Waals surface area (Å²) in [5, 5.41) is 0.927. The third-order valence-corrected chi connectivity index (χ3v) is 5.74. The summed E-state index contributed by atoms with van der Waals surface area (Å²) in [5.74, 6) is 0. The molecule has 0 unspecified atom stereocenters. The maximum atomic E-state index is 12.9. The minimum atomic E-state index is -3.31. The van der Waals surface area contributed by atoms with Crippen molar-refractivity contribution >= 4 is 29.5 Å². The highest BCUT2D eigenvalue weighted by atomic mass is 31.2. The Morgan fingerprint density at radius 2 is 1.62 bits per heavy atom. The van der Waals surface area contributed by atoms with E-state index in [1.54, 1.807) is 50.2 Å². The summed E-state index contributed by atoms with van der Waals surface area (Å²) < 4.78 is 29.4. The van der Waals surface area contributed by atoms with Crippen LogP contribution in [0.1, 0.15) is 19.4 Å². The molecule has 0 saturated heterocycles. The van der Waals surface area contributed by atoms with Crippen LogP contribution >= 0.6 is 7.60 Å². The summed E-state index contributed by atoms with van der Waals surface area (Å²) in [6, 6.07) is 12.4. The Balaban J connectivity index is 2.20. The average Bonchev–Trinajstić information content (AvgIpc) is 2.55. The summed E-state index contributed by atoms with van der Waals surface area (Å²) in [4.78, 5) is 12.9. The molecule has 0 fully saturated rings. The van der Waals surface area contributed by atoms with Gasteiger partial charge in [-0.05, 0) is 37.6 Å². The Morgan fingerprint density at radius 3 is 2.33 bits per heavy atom. The molecule has 0 radical (unpaired) electrons. The molecule has 0 aliphatic heterocycles. The van der Waals surface area contributed by atoms with E-state index in [9.17, 15) is 9.36 Å². The molecule has 0 amide bonds. The van der Waals surface area contributed by atoms with Gasteiger partial charge in [-0.25, -0.2) is 0 Å². The summed E-state index contributed by atoms with van der Waals surface area (Å²) in [6.45, 7) is 4.08. The zero-order chi connectivity index (χ0) is 17.2. The van der Waals surface area contributed by atoms with Gasteiger partial charge in [0.1, 0.15) is 11.2 Å². The summed E-state index contributed by atoms with van der Waals surface area (Å²) in [6.07, 6.45) is 0.0368. The number of hydrogen-bond acceptors (Lipinski definition) is 5. The summed E-state index contributed by atoms with van der Waals surface area (Å²) in [5.41, 5.74) is 1.47. The molecule has 0 N–H and O–H groups in total. The minimum Gasteiger partial charge on any atom is -0.456 e.